The Balaban J connectivity index is 2.26. The zero-order valence-electron chi connectivity index (χ0n) is 15.2. The van der Waals surface area contributed by atoms with Crippen LogP contribution < -0.4 is 14.2 Å². The van der Waals surface area contributed by atoms with E-state index >= 15 is 0 Å². The molecule has 0 amide bonds. The highest BCUT2D eigenvalue weighted by Crippen LogP contribution is 2.35. The average molecular weight is 356 g/mol. The smallest absolute Gasteiger partial charge is 0.240 e. The van der Waals surface area contributed by atoms with Crippen molar-refractivity contribution in [2.75, 3.05) is 14.2 Å². The molecule has 1 N–H and O–H groups in total. The van der Waals surface area contributed by atoms with Crippen molar-refractivity contribution in [3.8, 4) is 11.5 Å². The molecule has 136 valence electrons. The maximum Gasteiger partial charge on any atom is 0.240 e. The Bertz CT molecular complexity index is 657. The lowest BCUT2D eigenvalue weighted by atomic mass is 9.74. The van der Waals surface area contributed by atoms with E-state index < -0.39 is 10.0 Å². The van der Waals surface area contributed by atoms with Crippen LogP contribution in [0.15, 0.2) is 23.1 Å². The van der Waals surface area contributed by atoms with Gasteiger partial charge in [-0.3, -0.25) is 0 Å². The van der Waals surface area contributed by atoms with Gasteiger partial charge in [-0.25, -0.2) is 13.1 Å². The van der Waals surface area contributed by atoms with Gasteiger partial charge in [0.05, 0.1) is 19.1 Å². The number of sulfonamides is 1. The Morgan fingerprint density at radius 3 is 2.38 bits per heavy atom. The van der Waals surface area contributed by atoms with Crippen LogP contribution in [0.4, 0.5) is 0 Å². The van der Waals surface area contributed by atoms with Gasteiger partial charge in [0.15, 0.2) is 11.5 Å². The van der Waals surface area contributed by atoms with Crippen molar-refractivity contribution in [1.29, 1.82) is 0 Å². The highest BCUT2D eigenvalue weighted by molar-refractivity contribution is 7.89. The van der Waals surface area contributed by atoms with E-state index in [1.807, 2.05) is 0 Å². The molecule has 0 saturated heterocycles. The van der Waals surface area contributed by atoms with Crippen molar-refractivity contribution < 1.29 is 17.9 Å². The first kappa shape index (κ1) is 19.1. The third-order valence-corrected chi connectivity index (χ3v) is 6.48. The second-order valence-electron chi connectivity index (χ2n) is 7.07. The van der Waals surface area contributed by atoms with E-state index in [-0.39, 0.29) is 10.9 Å². The van der Waals surface area contributed by atoms with Gasteiger partial charge < -0.3 is 9.47 Å². The van der Waals surface area contributed by atoms with Crippen LogP contribution in [0.25, 0.3) is 0 Å². The fraction of sp³-hybridized carbons (Fsp3) is 0.667. The molecule has 1 fully saturated rings. The van der Waals surface area contributed by atoms with E-state index in [0.29, 0.717) is 29.3 Å². The third kappa shape index (κ3) is 4.22. The number of hydrogen-bond donors (Lipinski definition) is 1. The van der Waals surface area contributed by atoms with Crippen molar-refractivity contribution >= 4 is 10.0 Å². The summed E-state index contributed by atoms with van der Waals surface area (Å²) in [4.78, 5) is 0.209. The van der Waals surface area contributed by atoms with Gasteiger partial charge in [0.25, 0.3) is 0 Å². The van der Waals surface area contributed by atoms with Crippen LogP contribution in [0.2, 0.25) is 0 Å². The average Bonchev–Trinajstić information content (AvgIpc) is 2.53. The van der Waals surface area contributed by atoms with Crippen molar-refractivity contribution in [1.82, 2.24) is 4.72 Å². The van der Waals surface area contributed by atoms with E-state index in [0.717, 1.165) is 19.3 Å². The predicted molar refractivity (Wildman–Crippen MR) is 95.0 cm³/mol. The Labute approximate surface area is 145 Å². The standard InChI is InChI=1S/C18H29NO4S/c1-12(2)15-8-6-13(3)10-16(15)19-24(20,21)14-7-9-17(22-4)18(11-14)23-5/h7,9,11-13,15-16,19H,6,8,10H2,1-5H3/t13-,15+,16-/m1/s1. The van der Waals surface area contributed by atoms with Gasteiger partial charge in [-0.2, -0.15) is 0 Å². The quantitative estimate of drug-likeness (QED) is 0.849. The Morgan fingerprint density at radius 2 is 1.79 bits per heavy atom. The van der Waals surface area contributed by atoms with Crippen LogP contribution in [0, 0.1) is 17.8 Å². The lowest BCUT2D eigenvalue weighted by Crippen LogP contribution is -2.45. The first-order valence-electron chi connectivity index (χ1n) is 8.52. The highest BCUT2D eigenvalue weighted by atomic mass is 32.2. The number of benzene rings is 1. The summed E-state index contributed by atoms with van der Waals surface area (Å²) in [7, 11) is -0.565. The molecule has 1 saturated carbocycles. The minimum absolute atomic E-state index is 0.0214. The largest absolute Gasteiger partial charge is 0.493 e. The minimum atomic E-state index is -3.59. The molecule has 1 aliphatic rings. The lowest BCUT2D eigenvalue weighted by molar-refractivity contribution is 0.188. The molecule has 0 aromatic heterocycles. The Kier molecular flexibility index (Phi) is 6.15. The molecule has 0 aliphatic heterocycles. The van der Waals surface area contributed by atoms with Crippen LogP contribution in [-0.2, 0) is 10.0 Å². The summed E-state index contributed by atoms with van der Waals surface area (Å²) in [6.07, 6.45) is 3.12. The third-order valence-electron chi connectivity index (χ3n) is 4.99. The van der Waals surface area contributed by atoms with E-state index in [1.54, 1.807) is 12.1 Å². The summed E-state index contributed by atoms with van der Waals surface area (Å²) in [6.45, 7) is 6.52. The van der Waals surface area contributed by atoms with Crippen molar-refractivity contribution in [3.05, 3.63) is 18.2 Å². The van der Waals surface area contributed by atoms with Crippen LogP contribution in [0.1, 0.15) is 40.0 Å². The summed E-state index contributed by atoms with van der Waals surface area (Å²) >= 11 is 0. The summed E-state index contributed by atoms with van der Waals surface area (Å²) < 4.78 is 39.0. The van der Waals surface area contributed by atoms with Crippen LogP contribution in [0.5, 0.6) is 11.5 Å². The molecule has 3 atom stereocenters. The number of ether oxygens (including phenoxy) is 2. The van der Waals surface area contributed by atoms with Gasteiger partial charge in [0.2, 0.25) is 10.0 Å². The lowest BCUT2D eigenvalue weighted by Gasteiger charge is -2.37. The molecule has 0 spiro atoms. The molecule has 0 radical (unpaired) electrons. The van der Waals surface area contributed by atoms with Gasteiger partial charge in [0.1, 0.15) is 0 Å². The summed E-state index contributed by atoms with van der Waals surface area (Å²) in [5, 5.41) is 0. The zero-order chi connectivity index (χ0) is 17.9. The van der Waals surface area contributed by atoms with Crippen LogP contribution >= 0.6 is 0 Å². The summed E-state index contributed by atoms with van der Waals surface area (Å²) in [5.74, 6) is 2.30. The zero-order valence-corrected chi connectivity index (χ0v) is 16.0. The van der Waals surface area contributed by atoms with Crippen molar-refractivity contribution in [3.63, 3.8) is 0 Å². The van der Waals surface area contributed by atoms with Gasteiger partial charge in [-0.1, -0.05) is 27.2 Å². The summed E-state index contributed by atoms with van der Waals surface area (Å²) in [5.41, 5.74) is 0. The van der Waals surface area contributed by atoms with E-state index in [4.69, 9.17) is 9.47 Å². The van der Waals surface area contributed by atoms with Crippen molar-refractivity contribution in [2.24, 2.45) is 17.8 Å². The molecule has 0 unspecified atom stereocenters. The molecule has 2 rings (SSSR count). The highest BCUT2D eigenvalue weighted by Gasteiger charge is 2.34. The number of rotatable bonds is 6. The molecule has 6 heteroatoms. The van der Waals surface area contributed by atoms with E-state index in [1.165, 1.54) is 20.3 Å². The first-order chi connectivity index (χ1) is 11.3. The molecular formula is C18H29NO4S. The number of nitrogens with one attached hydrogen (secondary N) is 1. The monoisotopic (exact) mass is 355 g/mol. The Morgan fingerprint density at radius 1 is 1.12 bits per heavy atom. The molecule has 1 aromatic rings. The molecule has 24 heavy (non-hydrogen) atoms. The van der Waals surface area contributed by atoms with Gasteiger partial charge in [-0.15, -0.1) is 0 Å². The minimum Gasteiger partial charge on any atom is -0.493 e. The molecule has 0 heterocycles. The molecule has 5 nitrogen and oxygen atoms in total. The Hall–Kier alpha value is -1.27. The maximum atomic E-state index is 12.8. The second-order valence-corrected chi connectivity index (χ2v) is 8.78. The molecule has 1 aromatic carbocycles. The van der Waals surface area contributed by atoms with Crippen molar-refractivity contribution in [2.45, 2.75) is 51.0 Å². The second kappa shape index (κ2) is 7.74. The number of methoxy groups -OCH3 is 2. The van der Waals surface area contributed by atoms with Gasteiger partial charge in [0, 0.05) is 12.1 Å². The fourth-order valence-corrected chi connectivity index (χ4v) is 4.90. The van der Waals surface area contributed by atoms with Gasteiger partial charge in [-0.05, 0) is 42.7 Å². The summed E-state index contributed by atoms with van der Waals surface area (Å²) in [6, 6.07) is 4.67. The fourth-order valence-electron chi connectivity index (χ4n) is 3.59. The molecule has 1 aliphatic carbocycles. The van der Waals surface area contributed by atoms with E-state index in [9.17, 15) is 8.42 Å². The molecular weight excluding hydrogens is 326 g/mol. The first-order valence-corrected chi connectivity index (χ1v) is 10.0. The van der Waals surface area contributed by atoms with E-state index in [2.05, 4.69) is 25.5 Å². The van der Waals surface area contributed by atoms with Crippen LogP contribution in [0.3, 0.4) is 0 Å². The van der Waals surface area contributed by atoms with Crippen LogP contribution in [-0.4, -0.2) is 28.7 Å². The molecule has 0 bridgehead atoms. The van der Waals surface area contributed by atoms with Gasteiger partial charge >= 0.3 is 0 Å². The topological polar surface area (TPSA) is 64.6 Å². The number of hydrogen-bond acceptors (Lipinski definition) is 4. The SMILES string of the molecule is COc1ccc(S(=O)(=O)N[C@@H]2C[C@H](C)CC[C@H]2C(C)C)cc1OC. The normalized spacial score (nSPS) is 24.8. The predicted octanol–water partition coefficient (Wildman–Crippen LogP) is 3.44. The maximum absolute atomic E-state index is 12.8.